The van der Waals surface area contributed by atoms with Crippen LogP contribution in [0.2, 0.25) is 0 Å². The quantitative estimate of drug-likeness (QED) is 0.756. The van der Waals surface area contributed by atoms with Gasteiger partial charge in [0, 0.05) is 45.1 Å². The summed E-state index contributed by atoms with van der Waals surface area (Å²) in [6.07, 6.45) is 2.94. The number of ether oxygens (including phenoxy) is 1. The van der Waals surface area contributed by atoms with Gasteiger partial charge in [-0.25, -0.2) is 0 Å². The van der Waals surface area contributed by atoms with Crippen molar-refractivity contribution >= 4 is 11.8 Å². The molecular weight excluding hydrogens is 356 g/mol. The molecule has 7 nitrogen and oxygen atoms in total. The van der Waals surface area contributed by atoms with Gasteiger partial charge in [0.2, 0.25) is 0 Å². The molecule has 1 aromatic carbocycles. The van der Waals surface area contributed by atoms with E-state index in [0.29, 0.717) is 24.2 Å². The summed E-state index contributed by atoms with van der Waals surface area (Å²) in [6.45, 7) is 6.99. The van der Waals surface area contributed by atoms with Crippen molar-refractivity contribution in [2.45, 2.75) is 13.5 Å². The number of hydrogen-bond donors (Lipinski definition) is 2. The number of carbonyl (C=O) groups excluding carboxylic acids is 2. The average Bonchev–Trinajstić information content (AvgIpc) is 2.74. The number of morpholine rings is 1. The van der Waals surface area contributed by atoms with E-state index in [1.807, 2.05) is 31.2 Å². The summed E-state index contributed by atoms with van der Waals surface area (Å²) in [6, 6.07) is 9.46. The van der Waals surface area contributed by atoms with Crippen molar-refractivity contribution in [1.29, 1.82) is 0 Å². The molecule has 3 rings (SSSR count). The Kier molecular flexibility index (Phi) is 7.11. The molecule has 0 atom stereocenters. The molecule has 7 heteroatoms. The Balaban J connectivity index is 1.51. The first-order valence-corrected chi connectivity index (χ1v) is 9.49. The SMILES string of the molecule is Cc1ccccc1CNC(=O)c1cncc(C(=O)NCCN2CCOCC2)c1. The molecule has 28 heavy (non-hydrogen) atoms. The van der Waals surface area contributed by atoms with Crippen LogP contribution in [0.25, 0.3) is 0 Å². The molecule has 2 amide bonds. The first-order valence-electron chi connectivity index (χ1n) is 9.49. The fraction of sp³-hybridized carbons (Fsp3) is 0.381. The summed E-state index contributed by atoms with van der Waals surface area (Å²) >= 11 is 0. The molecule has 0 aliphatic carbocycles. The summed E-state index contributed by atoms with van der Waals surface area (Å²) in [4.78, 5) is 31.1. The lowest BCUT2D eigenvalue weighted by Crippen LogP contribution is -2.41. The second-order valence-electron chi connectivity index (χ2n) is 6.78. The topological polar surface area (TPSA) is 83.6 Å². The predicted octanol–water partition coefficient (Wildman–Crippen LogP) is 1.38. The highest BCUT2D eigenvalue weighted by Gasteiger charge is 2.13. The summed E-state index contributed by atoms with van der Waals surface area (Å²) < 4.78 is 5.31. The highest BCUT2D eigenvalue weighted by Crippen LogP contribution is 2.08. The molecular formula is C21H26N4O3. The maximum atomic E-state index is 12.4. The molecule has 0 radical (unpaired) electrons. The van der Waals surface area contributed by atoms with E-state index in [4.69, 9.17) is 4.74 Å². The number of aryl methyl sites for hydroxylation is 1. The minimum absolute atomic E-state index is 0.227. The normalized spacial score (nSPS) is 14.5. The summed E-state index contributed by atoms with van der Waals surface area (Å²) in [5.74, 6) is -0.479. The maximum Gasteiger partial charge on any atom is 0.253 e. The van der Waals surface area contributed by atoms with Gasteiger partial charge in [0.25, 0.3) is 11.8 Å². The maximum absolute atomic E-state index is 12.4. The molecule has 1 saturated heterocycles. The fourth-order valence-corrected chi connectivity index (χ4v) is 3.03. The van der Waals surface area contributed by atoms with Gasteiger partial charge in [-0.2, -0.15) is 0 Å². The molecule has 2 aromatic rings. The Morgan fingerprint density at radius 1 is 1.07 bits per heavy atom. The van der Waals surface area contributed by atoms with E-state index in [-0.39, 0.29) is 11.8 Å². The average molecular weight is 382 g/mol. The zero-order valence-electron chi connectivity index (χ0n) is 16.1. The molecule has 0 saturated carbocycles. The Morgan fingerprint density at radius 2 is 1.75 bits per heavy atom. The van der Waals surface area contributed by atoms with E-state index in [1.165, 1.54) is 12.4 Å². The van der Waals surface area contributed by atoms with Crippen LogP contribution in [0.1, 0.15) is 31.8 Å². The van der Waals surface area contributed by atoms with Crippen molar-refractivity contribution in [3.05, 3.63) is 65.0 Å². The van der Waals surface area contributed by atoms with E-state index >= 15 is 0 Å². The molecule has 1 aliphatic heterocycles. The van der Waals surface area contributed by atoms with Crippen molar-refractivity contribution in [1.82, 2.24) is 20.5 Å². The van der Waals surface area contributed by atoms with Gasteiger partial charge in [-0.15, -0.1) is 0 Å². The van der Waals surface area contributed by atoms with E-state index < -0.39 is 0 Å². The van der Waals surface area contributed by atoms with Crippen LogP contribution < -0.4 is 10.6 Å². The second kappa shape index (κ2) is 9.96. The zero-order chi connectivity index (χ0) is 19.8. The number of amides is 2. The monoisotopic (exact) mass is 382 g/mol. The first kappa shape index (κ1) is 20.0. The summed E-state index contributed by atoms with van der Waals surface area (Å²) in [7, 11) is 0. The first-order chi connectivity index (χ1) is 13.6. The van der Waals surface area contributed by atoms with Crippen molar-refractivity contribution in [2.24, 2.45) is 0 Å². The fourth-order valence-electron chi connectivity index (χ4n) is 3.03. The lowest BCUT2D eigenvalue weighted by Gasteiger charge is -2.26. The molecule has 2 N–H and O–H groups in total. The van der Waals surface area contributed by atoms with E-state index in [1.54, 1.807) is 6.07 Å². The predicted molar refractivity (Wildman–Crippen MR) is 106 cm³/mol. The Morgan fingerprint density at radius 3 is 2.46 bits per heavy atom. The van der Waals surface area contributed by atoms with E-state index in [2.05, 4.69) is 20.5 Å². The van der Waals surface area contributed by atoms with Crippen molar-refractivity contribution in [3.8, 4) is 0 Å². The molecule has 0 bridgehead atoms. The van der Waals surface area contributed by atoms with Crippen LogP contribution in [-0.4, -0.2) is 61.1 Å². The molecule has 1 aliphatic rings. The van der Waals surface area contributed by atoms with Crippen LogP contribution in [0.3, 0.4) is 0 Å². The lowest BCUT2D eigenvalue weighted by molar-refractivity contribution is 0.0383. The van der Waals surface area contributed by atoms with E-state index in [9.17, 15) is 9.59 Å². The molecule has 1 aromatic heterocycles. The van der Waals surface area contributed by atoms with Crippen molar-refractivity contribution in [2.75, 3.05) is 39.4 Å². The number of rotatable bonds is 7. The third kappa shape index (κ3) is 5.61. The van der Waals surface area contributed by atoms with E-state index in [0.717, 1.165) is 44.0 Å². The molecule has 0 spiro atoms. The summed E-state index contributed by atoms with van der Waals surface area (Å²) in [5, 5.41) is 5.76. The van der Waals surface area contributed by atoms with Crippen LogP contribution in [0, 0.1) is 6.92 Å². The number of nitrogens with one attached hydrogen (secondary N) is 2. The van der Waals surface area contributed by atoms with Crippen LogP contribution in [0.15, 0.2) is 42.7 Å². The van der Waals surface area contributed by atoms with Crippen LogP contribution in [-0.2, 0) is 11.3 Å². The highest BCUT2D eigenvalue weighted by atomic mass is 16.5. The molecule has 1 fully saturated rings. The van der Waals surface area contributed by atoms with Gasteiger partial charge in [-0.05, 0) is 24.1 Å². The smallest absolute Gasteiger partial charge is 0.253 e. The van der Waals surface area contributed by atoms with Crippen LogP contribution in [0.4, 0.5) is 0 Å². The third-order valence-corrected chi connectivity index (χ3v) is 4.78. The van der Waals surface area contributed by atoms with Crippen molar-refractivity contribution < 1.29 is 14.3 Å². The molecule has 0 unspecified atom stereocenters. The number of aromatic nitrogens is 1. The Labute approximate surface area is 165 Å². The number of pyridine rings is 1. The molecule has 148 valence electrons. The Hall–Kier alpha value is -2.77. The summed E-state index contributed by atoms with van der Waals surface area (Å²) in [5.41, 5.74) is 2.93. The minimum atomic E-state index is -0.251. The van der Waals surface area contributed by atoms with Gasteiger partial charge < -0.3 is 15.4 Å². The lowest BCUT2D eigenvalue weighted by atomic mass is 10.1. The Bertz CT molecular complexity index is 819. The van der Waals surface area contributed by atoms with Gasteiger partial charge in [-0.3, -0.25) is 19.5 Å². The van der Waals surface area contributed by atoms with Gasteiger partial charge >= 0.3 is 0 Å². The highest BCUT2D eigenvalue weighted by molar-refractivity contribution is 5.99. The third-order valence-electron chi connectivity index (χ3n) is 4.78. The van der Waals surface area contributed by atoms with Crippen LogP contribution >= 0.6 is 0 Å². The van der Waals surface area contributed by atoms with Crippen LogP contribution in [0.5, 0.6) is 0 Å². The minimum Gasteiger partial charge on any atom is -0.379 e. The number of hydrogen-bond acceptors (Lipinski definition) is 5. The number of nitrogens with zero attached hydrogens (tertiary/aromatic N) is 2. The standard InChI is InChI=1S/C21H26N4O3/c1-16-4-2-3-5-17(16)15-24-21(27)19-12-18(13-22-14-19)20(26)23-6-7-25-8-10-28-11-9-25/h2-5,12-14H,6-11,15H2,1H3,(H,23,26)(H,24,27). The van der Waals surface area contributed by atoms with Gasteiger partial charge in [0.1, 0.15) is 0 Å². The largest absolute Gasteiger partial charge is 0.379 e. The van der Waals surface area contributed by atoms with Crippen molar-refractivity contribution in [3.63, 3.8) is 0 Å². The van der Waals surface area contributed by atoms with Gasteiger partial charge in [0.05, 0.1) is 24.3 Å². The number of carbonyl (C=O) groups is 2. The molecule has 2 heterocycles. The van der Waals surface area contributed by atoms with Gasteiger partial charge in [0.15, 0.2) is 0 Å². The second-order valence-corrected chi connectivity index (χ2v) is 6.78. The van der Waals surface area contributed by atoms with Gasteiger partial charge in [-0.1, -0.05) is 24.3 Å². The number of benzene rings is 1. The zero-order valence-corrected chi connectivity index (χ0v) is 16.1.